The molecule has 0 spiro atoms. The van der Waals surface area contributed by atoms with Crippen molar-refractivity contribution < 1.29 is 14.5 Å². The number of hydrogen-bond donors (Lipinski definition) is 1. The molecule has 144 valence electrons. The van der Waals surface area contributed by atoms with Crippen LogP contribution < -0.4 is 10.2 Å². The first-order chi connectivity index (χ1) is 12.2. The maximum absolute atomic E-state index is 11.9. The molecule has 1 N–H and O–H groups in total. The van der Waals surface area contributed by atoms with E-state index in [-0.39, 0.29) is 16.7 Å². The molecule has 0 radical (unpaired) electrons. The molecule has 1 aliphatic rings. The monoisotopic (exact) mass is 363 g/mol. The molecule has 7 nitrogen and oxygen atoms in total. The summed E-state index contributed by atoms with van der Waals surface area (Å²) >= 11 is 0. The number of hydrogen-bond acceptors (Lipinski definition) is 5. The number of nitro groups is 1. The Labute approximate surface area is 154 Å². The first-order valence-electron chi connectivity index (χ1n) is 9.21. The van der Waals surface area contributed by atoms with Gasteiger partial charge in [0.15, 0.2) is 0 Å². The summed E-state index contributed by atoms with van der Waals surface area (Å²) in [5.41, 5.74) is 1.29. The van der Waals surface area contributed by atoms with E-state index < -0.39 is 11.7 Å². The van der Waals surface area contributed by atoms with Gasteiger partial charge in [0.25, 0.3) is 5.69 Å². The molecule has 7 heteroatoms. The maximum Gasteiger partial charge on any atom is 0.407 e. The normalized spacial score (nSPS) is 15.6. The van der Waals surface area contributed by atoms with Gasteiger partial charge in [-0.25, -0.2) is 4.79 Å². The lowest BCUT2D eigenvalue weighted by Crippen LogP contribution is -2.46. The third-order valence-corrected chi connectivity index (χ3v) is 4.33. The maximum atomic E-state index is 11.9. The number of nitrogens with zero attached hydrogens (tertiary/aromatic N) is 2. The topological polar surface area (TPSA) is 84.7 Å². The second-order valence-electron chi connectivity index (χ2n) is 7.74. The van der Waals surface area contributed by atoms with Gasteiger partial charge in [0, 0.05) is 25.2 Å². The number of anilines is 1. The van der Waals surface area contributed by atoms with E-state index in [4.69, 9.17) is 4.74 Å². The van der Waals surface area contributed by atoms with Gasteiger partial charge >= 0.3 is 6.09 Å². The standard InChI is InChI=1S/C19H29N3O4/c1-5-6-14-7-8-16(17(13-14)22(24)25)21-11-9-15(10-12-21)20-18(23)26-19(2,3)4/h7-8,13,15H,5-6,9-12H2,1-4H3,(H,20,23). The highest BCUT2D eigenvalue weighted by Gasteiger charge is 2.27. The van der Waals surface area contributed by atoms with Gasteiger partial charge in [-0.05, 0) is 51.7 Å². The van der Waals surface area contributed by atoms with Gasteiger partial charge in [-0.15, -0.1) is 0 Å². The lowest BCUT2D eigenvalue weighted by molar-refractivity contribution is -0.384. The first kappa shape index (κ1) is 20.0. The minimum absolute atomic E-state index is 0.0273. The Bertz CT molecular complexity index is 647. The highest BCUT2D eigenvalue weighted by molar-refractivity contribution is 5.68. The van der Waals surface area contributed by atoms with E-state index >= 15 is 0 Å². The Morgan fingerprint density at radius 2 is 2.00 bits per heavy atom. The molecule has 1 aromatic carbocycles. The minimum atomic E-state index is -0.522. The number of alkyl carbamates (subject to hydrolysis) is 1. The van der Waals surface area contributed by atoms with Crippen LogP contribution in [0.5, 0.6) is 0 Å². The number of carbonyl (C=O) groups excluding carboxylic acids is 1. The zero-order valence-corrected chi connectivity index (χ0v) is 16.1. The van der Waals surface area contributed by atoms with E-state index in [1.54, 1.807) is 6.07 Å². The molecule has 2 rings (SSSR count). The predicted molar refractivity (Wildman–Crippen MR) is 102 cm³/mol. The number of nitro benzene ring substituents is 1. The Morgan fingerprint density at radius 1 is 1.35 bits per heavy atom. The van der Waals surface area contributed by atoms with Crippen LogP contribution in [0.4, 0.5) is 16.2 Å². The van der Waals surface area contributed by atoms with Crippen LogP contribution in [0.3, 0.4) is 0 Å². The quantitative estimate of drug-likeness (QED) is 0.630. The molecule has 1 amide bonds. The highest BCUT2D eigenvalue weighted by Crippen LogP contribution is 2.31. The number of aryl methyl sites for hydroxylation is 1. The van der Waals surface area contributed by atoms with Gasteiger partial charge < -0.3 is 15.0 Å². The van der Waals surface area contributed by atoms with Crippen LogP contribution in [-0.4, -0.2) is 35.7 Å². The Balaban J connectivity index is 1.99. The lowest BCUT2D eigenvalue weighted by Gasteiger charge is -2.34. The summed E-state index contributed by atoms with van der Waals surface area (Å²) in [7, 11) is 0. The molecule has 1 fully saturated rings. The summed E-state index contributed by atoms with van der Waals surface area (Å²) in [5.74, 6) is 0. The van der Waals surface area contributed by atoms with Crippen molar-refractivity contribution in [2.24, 2.45) is 0 Å². The molecular formula is C19H29N3O4. The molecule has 0 unspecified atom stereocenters. The Morgan fingerprint density at radius 3 is 2.54 bits per heavy atom. The molecule has 0 saturated carbocycles. The number of nitrogens with one attached hydrogen (secondary N) is 1. The molecule has 0 aromatic heterocycles. The molecule has 0 aliphatic carbocycles. The molecule has 0 bridgehead atoms. The van der Waals surface area contributed by atoms with Gasteiger partial charge in [-0.3, -0.25) is 10.1 Å². The highest BCUT2D eigenvalue weighted by atomic mass is 16.6. The van der Waals surface area contributed by atoms with Crippen molar-refractivity contribution in [3.8, 4) is 0 Å². The zero-order valence-electron chi connectivity index (χ0n) is 16.1. The third kappa shape index (κ3) is 5.61. The molecular weight excluding hydrogens is 334 g/mol. The Hall–Kier alpha value is -2.31. The van der Waals surface area contributed by atoms with E-state index in [2.05, 4.69) is 12.2 Å². The first-order valence-corrected chi connectivity index (χ1v) is 9.21. The minimum Gasteiger partial charge on any atom is -0.444 e. The molecule has 0 atom stereocenters. The van der Waals surface area contributed by atoms with Crippen molar-refractivity contribution in [2.45, 2.75) is 65.0 Å². The summed E-state index contributed by atoms with van der Waals surface area (Å²) in [6.45, 7) is 8.87. The number of rotatable bonds is 5. The van der Waals surface area contributed by atoms with Crippen LogP contribution >= 0.6 is 0 Å². The van der Waals surface area contributed by atoms with Crippen LogP contribution in [0.1, 0.15) is 52.5 Å². The van der Waals surface area contributed by atoms with Crippen LogP contribution in [-0.2, 0) is 11.2 Å². The average molecular weight is 363 g/mol. The summed E-state index contributed by atoms with van der Waals surface area (Å²) in [6.07, 6.45) is 2.84. The van der Waals surface area contributed by atoms with Crippen LogP contribution in [0.2, 0.25) is 0 Å². The van der Waals surface area contributed by atoms with Gasteiger partial charge in [-0.1, -0.05) is 19.4 Å². The SMILES string of the molecule is CCCc1ccc(N2CCC(NC(=O)OC(C)(C)C)CC2)c([N+](=O)[O-])c1. The Kier molecular flexibility index (Phi) is 6.45. The van der Waals surface area contributed by atoms with E-state index in [1.807, 2.05) is 37.8 Å². The largest absolute Gasteiger partial charge is 0.444 e. The average Bonchev–Trinajstić information content (AvgIpc) is 2.54. The van der Waals surface area contributed by atoms with Crippen molar-refractivity contribution in [2.75, 3.05) is 18.0 Å². The van der Waals surface area contributed by atoms with Crippen molar-refractivity contribution in [3.63, 3.8) is 0 Å². The molecule has 1 aliphatic heterocycles. The van der Waals surface area contributed by atoms with Crippen molar-refractivity contribution in [3.05, 3.63) is 33.9 Å². The van der Waals surface area contributed by atoms with E-state index in [0.717, 1.165) is 31.2 Å². The third-order valence-electron chi connectivity index (χ3n) is 4.33. The summed E-state index contributed by atoms with van der Waals surface area (Å²) in [5, 5.41) is 14.4. The van der Waals surface area contributed by atoms with Crippen molar-refractivity contribution in [1.29, 1.82) is 0 Å². The second-order valence-corrected chi connectivity index (χ2v) is 7.74. The fraction of sp³-hybridized carbons (Fsp3) is 0.632. The van der Waals surface area contributed by atoms with Crippen LogP contribution in [0, 0.1) is 10.1 Å². The number of ether oxygens (including phenoxy) is 1. The van der Waals surface area contributed by atoms with E-state index in [9.17, 15) is 14.9 Å². The second kappa shape index (κ2) is 8.38. The number of piperidine rings is 1. The molecule has 26 heavy (non-hydrogen) atoms. The van der Waals surface area contributed by atoms with Crippen molar-refractivity contribution in [1.82, 2.24) is 5.32 Å². The molecule has 1 heterocycles. The fourth-order valence-electron chi connectivity index (χ4n) is 3.17. The zero-order chi connectivity index (χ0) is 19.3. The molecule has 1 aromatic rings. The van der Waals surface area contributed by atoms with Crippen LogP contribution in [0.25, 0.3) is 0 Å². The summed E-state index contributed by atoms with van der Waals surface area (Å²) in [4.78, 5) is 25.1. The van der Waals surface area contributed by atoms with Crippen LogP contribution in [0.15, 0.2) is 18.2 Å². The van der Waals surface area contributed by atoms with Gasteiger partial charge in [-0.2, -0.15) is 0 Å². The summed E-state index contributed by atoms with van der Waals surface area (Å²) < 4.78 is 5.29. The number of carbonyl (C=O) groups is 1. The fourth-order valence-corrected chi connectivity index (χ4v) is 3.17. The number of amides is 1. The van der Waals surface area contributed by atoms with Gasteiger partial charge in [0.2, 0.25) is 0 Å². The predicted octanol–water partition coefficient (Wildman–Crippen LogP) is 4.04. The van der Waals surface area contributed by atoms with Gasteiger partial charge in [0.1, 0.15) is 11.3 Å². The summed E-state index contributed by atoms with van der Waals surface area (Å²) in [6, 6.07) is 5.53. The lowest BCUT2D eigenvalue weighted by atomic mass is 10.0. The van der Waals surface area contributed by atoms with Crippen molar-refractivity contribution >= 4 is 17.5 Å². The van der Waals surface area contributed by atoms with Gasteiger partial charge in [0.05, 0.1) is 4.92 Å². The molecule has 1 saturated heterocycles. The van der Waals surface area contributed by atoms with E-state index in [0.29, 0.717) is 18.8 Å². The smallest absolute Gasteiger partial charge is 0.407 e. The number of benzene rings is 1. The van der Waals surface area contributed by atoms with E-state index in [1.165, 1.54) is 0 Å².